The van der Waals surface area contributed by atoms with Crippen LogP contribution in [0.4, 0.5) is 5.69 Å². The minimum atomic E-state index is -3.90. The standard InChI is InChI=1S/C25H34ClN3O5S/c1-7-18(3)27-25(31)19(4)28(15-20-11-9-8-10-17(20)2)24(30)16-29(35(6,32)33)22-14-21(26)12-13-23(22)34-5/h8-14,18-19H,7,15-16H2,1-6H3,(H,27,31). The number of hydrogen-bond acceptors (Lipinski definition) is 5. The predicted molar refractivity (Wildman–Crippen MR) is 139 cm³/mol. The van der Waals surface area contributed by atoms with Crippen molar-refractivity contribution in [1.82, 2.24) is 10.2 Å². The van der Waals surface area contributed by atoms with Crippen LogP contribution in [0.3, 0.4) is 0 Å². The largest absolute Gasteiger partial charge is 0.495 e. The van der Waals surface area contributed by atoms with Crippen LogP contribution < -0.4 is 14.4 Å². The molecule has 0 aliphatic carbocycles. The van der Waals surface area contributed by atoms with Gasteiger partial charge in [-0.2, -0.15) is 0 Å². The molecule has 2 rings (SSSR count). The summed E-state index contributed by atoms with van der Waals surface area (Å²) < 4.78 is 31.8. The maximum Gasteiger partial charge on any atom is 0.244 e. The summed E-state index contributed by atoms with van der Waals surface area (Å²) >= 11 is 6.12. The fraction of sp³-hybridized carbons (Fsp3) is 0.440. The molecule has 0 heterocycles. The molecule has 2 atom stereocenters. The molecule has 0 aliphatic heterocycles. The molecule has 2 amide bonds. The third-order valence-corrected chi connectivity index (χ3v) is 7.22. The number of rotatable bonds is 11. The minimum Gasteiger partial charge on any atom is -0.495 e. The maximum atomic E-state index is 13.6. The average molecular weight is 524 g/mol. The number of amides is 2. The summed E-state index contributed by atoms with van der Waals surface area (Å²) in [6, 6.07) is 11.2. The van der Waals surface area contributed by atoms with Crippen molar-refractivity contribution < 1.29 is 22.7 Å². The van der Waals surface area contributed by atoms with Gasteiger partial charge in [0.15, 0.2) is 0 Å². The fourth-order valence-electron chi connectivity index (χ4n) is 3.47. The molecule has 10 heteroatoms. The number of methoxy groups -OCH3 is 1. The normalized spacial score (nSPS) is 13.0. The zero-order chi connectivity index (χ0) is 26.3. The van der Waals surface area contributed by atoms with Gasteiger partial charge in [-0.1, -0.05) is 42.8 Å². The van der Waals surface area contributed by atoms with Gasteiger partial charge in [-0.15, -0.1) is 0 Å². The molecule has 0 saturated carbocycles. The summed E-state index contributed by atoms with van der Waals surface area (Å²) in [7, 11) is -2.50. The topological polar surface area (TPSA) is 96.0 Å². The predicted octanol–water partition coefficient (Wildman–Crippen LogP) is 3.76. The summed E-state index contributed by atoms with van der Waals surface area (Å²) in [5.41, 5.74) is 1.95. The third kappa shape index (κ3) is 7.60. The number of benzene rings is 2. The lowest BCUT2D eigenvalue weighted by Gasteiger charge is -2.32. The zero-order valence-corrected chi connectivity index (χ0v) is 22.6. The molecule has 0 bridgehead atoms. The summed E-state index contributed by atoms with van der Waals surface area (Å²) in [6.45, 7) is 7.01. The van der Waals surface area contributed by atoms with E-state index in [4.69, 9.17) is 16.3 Å². The van der Waals surface area contributed by atoms with E-state index in [0.29, 0.717) is 5.02 Å². The molecule has 0 spiro atoms. The van der Waals surface area contributed by atoms with Crippen molar-refractivity contribution in [2.75, 3.05) is 24.2 Å². The Balaban J connectivity index is 2.47. The Kier molecular flexibility index (Phi) is 9.97. The van der Waals surface area contributed by atoms with Crippen molar-refractivity contribution in [2.45, 2.75) is 52.7 Å². The molecule has 0 aliphatic rings. The highest BCUT2D eigenvalue weighted by Crippen LogP contribution is 2.33. The van der Waals surface area contributed by atoms with Crippen LogP contribution in [0, 0.1) is 6.92 Å². The second-order valence-electron chi connectivity index (χ2n) is 8.53. The summed E-state index contributed by atoms with van der Waals surface area (Å²) in [6.07, 6.45) is 1.74. The first-order valence-electron chi connectivity index (χ1n) is 11.3. The number of ether oxygens (including phenoxy) is 1. The number of carbonyl (C=O) groups excluding carboxylic acids is 2. The molecule has 2 unspecified atom stereocenters. The van der Waals surface area contributed by atoms with Gasteiger partial charge >= 0.3 is 0 Å². The van der Waals surface area contributed by atoms with Crippen LogP contribution in [0.25, 0.3) is 0 Å². The number of hydrogen-bond donors (Lipinski definition) is 1. The van der Waals surface area contributed by atoms with Crippen LogP contribution in [-0.4, -0.2) is 57.1 Å². The molecular weight excluding hydrogens is 490 g/mol. The Morgan fingerprint density at radius 1 is 1.14 bits per heavy atom. The van der Waals surface area contributed by atoms with Crippen molar-refractivity contribution in [3.8, 4) is 5.75 Å². The number of aryl methyl sites for hydroxylation is 1. The second-order valence-corrected chi connectivity index (χ2v) is 10.9. The van der Waals surface area contributed by atoms with Gasteiger partial charge in [0.1, 0.15) is 18.3 Å². The Bertz CT molecular complexity index is 1160. The first kappa shape index (κ1) is 28.5. The van der Waals surface area contributed by atoms with Crippen LogP contribution in [0.2, 0.25) is 5.02 Å². The number of anilines is 1. The molecule has 0 fully saturated rings. The van der Waals surface area contributed by atoms with Crippen LogP contribution in [0.15, 0.2) is 42.5 Å². The Hall–Kier alpha value is -2.78. The Morgan fingerprint density at radius 3 is 2.37 bits per heavy atom. The van der Waals surface area contributed by atoms with Crippen LogP contribution in [0.5, 0.6) is 5.75 Å². The minimum absolute atomic E-state index is 0.0661. The zero-order valence-electron chi connectivity index (χ0n) is 21.0. The molecule has 0 saturated heterocycles. The SMILES string of the molecule is CCC(C)NC(=O)C(C)N(Cc1ccccc1C)C(=O)CN(c1cc(Cl)ccc1OC)S(C)(=O)=O. The van der Waals surface area contributed by atoms with Crippen LogP contribution >= 0.6 is 11.6 Å². The van der Waals surface area contributed by atoms with E-state index in [-0.39, 0.29) is 29.9 Å². The van der Waals surface area contributed by atoms with E-state index in [9.17, 15) is 18.0 Å². The molecule has 0 aromatic heterocycles. The van der Waals surface area contributed by atoms with E-state index < -0.39 is 28.5 Å². The van der Waals surface area contributed by atoms with Gasteiger partial charge in [0.05, 0.1) is 19.1 Å². The number of halogens is 1. The summed E-state index contributed by atoms with van der Waals surface area (Å²) in [5, 5.41) is 3.20. The van der Waals surface area contributed by atoms with Crippen molar-refractivity contribution in [3.63, 3.8) is 0 Å². The highest BCUT2D eigenvalue weighted by Gasteiger charge is 2.31. The third-order valence-electron chi connectivity index (χ3n) is 5.86. The van der Waals surface area contributed by atoms with Gasteiger partial charge in [0, 0.05) is 17.6 Å². The number of nitrogens with zero attached hydrogens (tertiary/aromatic N) is 2. The van der Waals surface area contributed by atoms with Crippen molar-refractivity contribution in [3.05, 3.63) is 58.6 Å². The molecular formula is C25H34ClN3O5S. The maximum absolute atomic E-state index is 13.6. The number of nitrogens with one attached hydrogen (secondary N) is 1. The fourth-order valence-corrected chi connectivity index (χ4v) is 4.48. The lowest BCUT2D eigenvalue weighted by atomic mass is 10.1. The summed E-state index contributed by atoms with van der Waals surface area (Å²) in [4.78, 5) is 28.0. The van der Waals surface area contributed by atoms with Crippen LogP contribution in [-0.2, 0) is 26.2 Å². The second kappa shape index (κ2) is 12.3. The molecule has 35 heavy (non-hydrogen) atoms. The molecule has 2 aromatic rings. The van der Waals surface area contributed by atoms with Gasteiger partial charge in [-0.25, -0.2) is 8.42 Å². The van der Waals surface area contributed by atoms with E-state index in [2.05, 4.69) is 5.32 Å². The van der Waals surface area contributed by atoms with Crippen molar-refractivity contribution >= 4 is 39.1 Å². The first-order chi connectivity index (χ1) is 16.4. The molecule has 192 valence electrons. The van der Waals surface area contributed by atoms with Gasteiger partial charge in [0.2, 0.25) is 21.8 Å². The van der Waals surface area contributed by atoms with E-state index in [1.165, 1.54) is 24.1 Å². The quantitative estimate of drug-likeness (QED) is 0.484. The average Bonchev–Trinajstić information content (AvgIpc) is 2.80. The van der Waals surface area contributed by atoms with Crippen molar-refractivity contribution in [2.24, 2.45) is 0 Å². The lowest BCUT2D eigenvalue weighted by Crippen LogP contribution is -2.52. The molecule has 8 nitrogen and oxygen atoms in total. The van der Waals surface area contributed by atoms with Gasteiger partial charge in [-0.3, -0.25) is 13.9 Å². The van der Waals surface area contributed by atoms with Crippen molar-refractivity contribution in [1.29, 1.82) is 0 Å². The van der Waals surface area contributed by atoms with E-state index in [0.717, 1.165) is 28.1 Å². The molecule has 1 N–H and O–H groups in total. The molecule has 0 radical (unpaired) electrons. The lowest BCUT2D eigenvalue weighted by molar-refractivity contribution is -0.139. The molecule has 2 aromatic carbocycles. The first-order valence-corrected chi connectivity index (χ1v) is 13.6. The highest BCUT2D eigenvalue weighted by atomic mass is 35.5. The van der Waals surface area contributed by atoms with Crippen LogP contribution in [0.1, 0.15) is 38.3 Å². The van der Waals surface area contributed by atoms with Gasteiger partial charge in [-0.05, 0) is 56.5 Å². The van der Waals surface area contributed by atoms with Gasteiger partial charge in [0.25, 0.3) is 0 Å². The van der Waals surface area contributed by atoms with Gasteiger partial charge < -0.3 is 15.0 Å². The summed E-state index contributed by atoms with van der Waals surface area (Å²) in [5.74, 6) is -0.597. The highest BCUT2D eigenvalue weighted by molar-refractivity contribution is 7.92. The Morgan fingerprint density at radius 2 is 1.80 bits per heavy atom. The number of sulfonamides is 1. The van der Waals surface area contributed by atoms with E-state index in [1.54, 1.807) is 13.0 Å². The monoisotopic (exact) mass is 523 g/mol. The smallest absolute Gasteiger partial charge is 0.244 e. The number of carbonyl (C=O) groups is 2. The van der Waals surface area contributed by atoms with E-state index >= 15 is 0 Å². The van der Waals surface area contributed by atoms with E-state index in [1.807, 2.05) is 45.0 Å². The Labute approximate surface area is 213 Å².